The molecular weight excluding hydrogens is 420 g/mol. The number of nitrogens with one attached hydrogen (secondary N) is 1. The van der Waals surface area contributed by atoms with Crippen LogP contribution in [0.4, 0.5) is 4.79 Å². The summed E-state index contributed by atoms with van der Waals surface area (Å²) in [6.45, 7) is 1.92. The molecule has 7 heteroatoms. The predicted molar refractivity (Wildman–Crippen MR) is 120 cm³/mol. The first-order valence-corrected chi connectivity index (χ1v) is 11.2. The molecule has 1 saturated heterocycles. The molecule has 2 saturated carbocycles. The molecule has 168 valence electrons. The maximum Gasteiger partial charge on any atom is 0.343 e. The molecule has 2 bridgehead atoms. The van der Waals surface area contributed by atoms with E-state index in [2.05, 4.69) is 5.32 Å². The van der Waals surface area contributed by atoms with E-state index in [4.69, 9.17) is 4.74 Å². The van der Waals surface area contributed by atoms with Gasteiger partial charge in [0.2, 0.25) is 0 Å². The van der Waals surface area contributed by atoms with Gasteiger partial charge in [-0.1, -0.05) is 42.3 Å². The van der Waals surface area contributed by atoms with Crippen LogP contribution in [0.2, 0.25) is 0 Å². The van der Waals surface area contributed by atoms with Gasteiger partial charge in [-0.15, -0.1) is 0 Å². The second-order valence-corrected chi connectivity index (χ2v) is 9.03. The molecule has 0 unspecified atom stereocenters. The molecule has 7 nitrogen and oxygen atoms in total. The zero-order valence-electron chi connectivity index (χ0n) is 18.2. The second-order valence-electron chi connectivity index (χ2n) is 9.03. The zero-order valence-corrected chi connectivity index (χ0v) is 18.2. The summed E-state index contributed by atoms with van der Waals surface area (Å²) in [7, 11) is 0. The number of hydrogen-bond acceptors (Lipinski definition) is 5. The van der Waals surface area contributed by atoms with Crippen LogP contribution in [-0.4, -0.2) is 34.8 Å². The van der Waals surface area contributed by atoms with E-state index >= 15 is 0 Å². The molecule has 1 heterocycles. The van der Waals surface area contributed by atoms with Crippen molar-refractivity contribution in [3.8, 4) is 5.75 Å². The molecule has 1 N–H and O–H groups in total. The summed E-state index contributed by atoms with van der Waals surface area (Å²) in [5, 5.41) is 2.31. The fraction of sp³-hybridized carbons (Fsp3) is 0.308. The molecule has 2 aromatic carbocycles. The Morgan fingerprint density at radius 1 is 1.03 bits per heavy atom. The van der Waals surface area contributed by atoms with Crippen molar-refractivity contribution in [2.24, 2.45) is 11.8 Å². The number of barbiturate groups is 1. The summed E-state index contributed by atoms with van der Waals surface area (Å²) < 4.78 is 5.56. The third-order valence-corrected chi connectivity index (χ3v) is 6.87. The monoisotopic (exact) mass is 444 g/mol. The number of carbonyl (C=O) groups excluding carboxylic acids is 4. The predicted octanol–water partition coefficient (Wildman–Crippen LogP) is 3.86. The van der Waals surface area contributed by atoms with Crippen LogP contribution in [0.1, 0.15) is 47.2 Å². The van der Waals surface area contributed by atoms with Crippen LogP contribution >= 0.6 is 0 Å². The third-order valence-electron chi connectivity index (χ3n) is 6.87. The number of nitrogens with zero attached hydrogens (tertiary/aromatic N) is 1. The quantitative estimate of drug-likeness (QED) is 0.335. The van der Waals surface area contributed by atoms with Crippen LogP contribution in [0.5, 0.6) is 5.75 Å². The Balaban J connectivity index is 1.43. The van der Waals surface area contributed by atoms with Gasteiger partial charge in [0, 0.05) is 11.6 Å². The molecule has 3 aliphatic rings. The van der Waals surface area contributed by atoms with Crippen LogP contribution in [0.15, 0.2) is 54.1 Å². The van der Waals surface area contributed by atoms with E-state index in [-0.39, 0.29) is 17.4 Å². The number of benzene rings is 2. The van der Waals surface area contributed by atoms with Gasteiger partial charge >= 0.3 is 12.0 Å². The van der Waals surface area contributed by atoms with Crippen molar-refractivity contribution in [1.29, 1.82) is 0 Å². The smallest absolute Gasteiger partial charge is 0.343 e. The number of carbonyl (C=O) groups is 4. The first-order valence-electron chi connectivity index (χ1n) is 11.2. The lowest BCUT2D eigenvalue weighted by molar-refractivity contribution is -0.132. The number of amides is 4. The Morgan fingerprint density at radius 2 is 1.79 bits per heavy atom. The molecule has 0 aromatic heterocycles. The van der Waals surface area contributed by atoms with Gasteiger partial charge in [-0.3, -0.25) is 19.8 Å². The van der Waals surface area contributed by atoms with E-state index in [0.717, 1.165) is 31.2 Å². The van der Waals surface area contributed by atoms with E-state index < -0.39 is 23.8 Å². The van der Waals surface area contributed by atoms with Gasteiger partial charge in [0.05, 0.1) is 5.56 Å². The molecule has 5 rings (SSSR count). The first-order chi connectivity index (χ1) is 15.9. The molecule has 3 fully saturated rings. The summed E-state index contributed by atoms with van der Waals surface area (Å²) in [6.07, 6.45) is 5.33. The number of urea groups is 1. The highest BCUT2D eigenvalue weighted by atomic mass is 16.5. The van der Waals surface area contributed by atoms with E-state index in [9.17, 15) is 19.2 Å². The summed E-state index contributed by atoms with van der Waals surface area (Å²) in [6, 6.07) is 12.8. The molecule has 4 amide bonds. The number of esters is 1. The van der Waals surface area contributed by atoms with Gasteiger partial charge in [-0.2, -0.15) is 0 Å². The highest BCUT2D eigenvalue weighted by molar-refractivity contribution is 6.31. The van der Waals surface area contributed by atoms with Gasteiger partial charge in [0.25, 0.3) is 11.8 Å². The lowest BCUT2D eigenvalue weighted by Crippen LogP contribution is -2.58. The second kappa shape index (κ2) is 8.31. The van der Waals surface area contributed by atoms with Crippen LogP contribution in [0.3, 0.4) is 0 Å². The Labute approximate surface area is 191 Å². The summed E-state index contributed by atoms with van der Waals surface area (Å²) in [5.41, 5.74) is 1.67. The highest BCUT2D eigenvalue weighted by Gasteiger charge is 2.49. The normalized spacial score (nSPS) is 25.5. The van der Waals surface area contributed by atoms with Crippen molar-refractivity contribution in [2.45, 2.75) is 38.6 Å². The maximum absolute atomic E-state index is 13.3. The molecule has 33 heavy (non-hydrogen) atoms. The topological polar surface area (TPSA) is 92.8 Å². The van der Waals surface area contributed by atoms with Crippen molar-refractivity contribution in [3.63, 3.8) is 0 Å². The third kappa shape index (κ3) is 3.95. The lowest BCUT2D eigenvalue weighted by Gasteiger charge is -2.35. The van der Waals surface area contributed by atoms with E-state index in [1.54, 1.807) is 36.4 Å². The standard InChI is InChI=1S/C26H24N2O5/c1-15-6-9-17(10-7-15)25(31)33-22-5-3-2-4-19(22)14-20-23(29)27-26(32)28(24(20)30)21-13-16-8-11-18(21)12-16/h2-7,9-10,14,16,18,21H,8,11-13H2,1H3,(H,27,29,32)/b20-14-/t16-,18-,21-/m0/s1. The summed E-state index contributed by atoms with van der Waals surface area (Å²) in [5.74, 6) is -0.835. The highest BCUT2D eigenvalue weighted by Crippen LogP contribution is 2.47. The van der Waals surface area contributed by atoms with Gasteiger partial charge in [0.15, 0.2) is 0 Å². The molecule has 0 spiro atoms. The van der Waals surface area contributed by atoms with E-state index in [0.29, 0.717) is 23.0 Å². The zero-order chi connectivity index (χ0) is 23.1. The maximum atomic E-state index is 13.3. The summed E-state index contributed by atoms with van der Waals surface area (Å²) >= 11 is 0. The van der Waals surface area contributed by atoms with Gasteiger partial charge in [-0.05, 0) is 62.3 Å². The molecule has 1 aliphatic heterocycles. The van der Waals surface area contributed by atoms with Crippen LogP contribution in [0, 0.1) is 18.8 Å². The minimum atomic E-state index is -0.746. The Hall–Kier alpha value is -3.74. The molecular formula is C26H24N2O5. The van der Waals surface area contributed by atoms with Gasteiger partial charge < -0.3 is 4.74 Å². The number of fused-ring (bicyclic) bond motifs is 2. The van der Waals surface area contributed by atoms with Crippen molar-refractivity contribution in [2.75, 3.05) is 0 Å². The van der Waals surface area contributed by atoms with Gasteiger partial charge in [0.1, 0.15) is 11.3 Å². The number of imide groups is 2. The van der Waals surface area contributed by atoms with Crippen molar-refractivity contribution < 1.29 is 23.9 Å². The molecule has 3 atom stereocenters. The first kappa shape index (κ1) is 21.1. The van der Waals surface area contributed by atoms with Crippen LogP contribution < -0.4 is 10.1 Å². The van der Waals surface area contributed by atoms with Crippen molar-refractivity contribution in [1.82, 2.24) is 10.2 Å². The van der Waals surface area contributed by atoms with Crippen molar-refractivity contribution >= 4 is 29.9 Å². The Kier molecular flexibility index (Phi) is 5.32. The average molecular weight is 444 g/mol. The molecule has 2 aliphatic carbocycles. The molecule has 0 radical (unpaired) electrons. The number of hydrogen-bond donors (Lipinski definition) is 1. The van der Waals surface area contributed by atoms with Gasteiger partial charge in [-0.25, -0.2) is 9.59 Å². The minimum absolute atomic E-state index is 0.142. The fourth-order valence-electron chi connectivity index (χ4n) is 5.20. The average Bonchev–Trinajstić information content (AvgIpc) is 3.42. The summed E-state index contributed by atoms with van der Waals surface area (Å²) in [4.78, 5) is 52.2. The number of rotatable bonds is 4. The molecule has 2 aromatic rings. The number of ether oxygens (including phenoxy) is 1. The number of para-hydroxylation sites is 1. The van der Waals surface area contributed by atoms with Crippen molar-refractivity contribution in [3.05, 3.63) is 70.8 Å². The minimum Gasteiger partial charge on any atom is -0.422 e. The fourth-order valence-corrected chi connectivity index (χ4v) is 5.20. The Bertz CT molecular complexity index is 1180. The van der Waals surface area contributed by atoms with Crippen LogP contribution in [0.25, 0.3) is 6.08 Å². The van der Waals surface area contributed by atoms with E-state index in [1.807, 2.05) is 19.1 Å². The van der Waals surface area contributed by atoms with E-state index in [1.165, 1.54) is 11.0 Å². The lowest BCUT2D eigenvalue weighted by atomic mass is 9.93. The SMILES string of the molecule is Cc1ccc(C(=O)Oc2ccccc2/C=C2/C(=O)NC(=O)N([C@H]3C[C@H]4CC[C@H]3C4)C2=O)cc1. The Morgan fingerprint density at radius 3 is 2.48 bits per heavy atom. The number of aryl methyl sites for hydroxylation is 1. The largest absolute Gasteiger partial charge is 0.422 e. The van der Waals surface area contributed by atoms with Crippen LogP contribution in [-0.2, 0) is 9.59 Å².